The molecular weight excluding hydrogens is 476 g/mol. The fourth-order valence-electron chi connectivity index (χ4n) is 2.88. The third-order valence-electron chi connectivity index (χ3n) is 4.31. The van der Waals surface area contributed by atoms with Gasteiger partial charge in [-0.2, -0.15) is 5.26 Å². The van der Waals surface area contributed by atoms with Crippen LogP contribution in [0, 0.1) is 11.3 Å². The summed E-state index contributed by atoms with van der Waals surface area (Å²) in [5.41, 5.74) is 2.43. The maximum Gasteiger partial charge on any atom is 0.180 e. The lowest BCUT2D eigenvalue weighted by molar-refractivity contribution is 0.269. The molecule has 0 aliphatic carbocycles. The van der Waals surface area contributed by atoms with Gasteiger partial charge in [-0.15, -0.1) is 0 Å². The van der Waals surface area contributed by atoms with Crippen LogP contribution in [0.3, 0.4) is 0 Å². The predicted molar refractivity (Wildman–Crippen MR) is 128 cm³/mol. The van der Waals surface area contributed by atoms with Gasteiger partial charge in [-0.3, -0.25) is 0 Å². The predicted octanol–water partition coefficient (Wildman–Crippen LogP) is 8.34. The van der Waals surface area contributed by atoms with Crippen molar-refractivity contribution in [2.24, 2.45) is 0 Å². The lowest BCUT2D eigenvalue weighted by Gasteiger charge is -2.15. The molecule has 0 heterocycles. The van der Waals surface area contributed by atoms with Crippen LogP contribution in [-0.4, -0.2) is 6.61 Å². The number of nitriles is 1. The summed E-state index contributed by atoms with van der Waals surface area (Å²) >= 11 is 24.9. The largest absolute Gasteiger partial charge is 0.490 e. The average molecular weight is 493 g/mol. The van der Waals surface area contributed by atoms with Crippen LogP contribution in [-0.2, 0) is 6.61 Å². The Morgan fingerprint density at radius 2 is 1.71 bits per heavy atom. The summed E-state index contributed by atoms with van der Waals surface area (Å²) in [5, 5.41) is 11.5. The zero-order valence-electron chi connectivity index (χ0n) is 16.5. The van der Waals surface area contributed by atoms with Crippen LogP contribution in [0.4, 0.5) is 0 Å². The second-order valence-corrected chi connectivity index (χ2v) is 8.10. The van der Waals surface area contributed by atoms with Crippen LogP contribution >= 0.6 is 46.4 Å². The van der Waals surface area contributed by atoms with Gasteiger partial charge in [0.05, 0.1) is 28.3 Å². The number of allylic oxidation sites excluding steroid dienone is 1. The van der Waals surface area contributed by atoms with Crippen LogP contribution in [0.2, 0.25) is 20.1 Å². The molecule has 0 aliphatic heterocycles. The highest BCUT2D eigenvalue weighted by molar-refractivity contribution is 6.36. The van der Waals surface area contributed by atoms with E-state index in [1.165, 1.54) is 0 Å². The molecule has 0 atom stereocenters. The van der Waals surface area contributed by atoms with Crippen molar-refractivity contribution < 1.29 is 9.47 Å². The summed E-state index contributed by atoms with van der Waals surface area (Å²) in [6.07, 6.45) is 1.68. The van der Waals surface area contributed by atoms with E-state index in [9.17, 15) is 5.26 Å². The van der Waals surface area contributed by atoms with Gasteiger partial charge in [-0.05, 0) is 48.9 Å². The van der Waals surface area contributed by atoms with Crippen LogP contribution in [0.1, 0.15) is 23.6 Å². The fourth-order valence-corrected chi connectivity index (χ4v) is 3.86. The molecule has 0 spiro atoms. The Bertz CT molecular complexity index is 1170. The van der Waals surface area contributed by atoms with Gasteiger partial charge in [0.1, 0.15) is 6.61 Å². The fraction of sp³-hybridized carbons (Fsp3) is 0.125. The van der Waals surface area contributed by atoms with E-state index in [1.807, 2.05) is 25.1 Å². The molecule has 7 heteroatoms. The second kappa shape index (κ2) is 10.8. The highest BCUT2D eigenvalue weighted by Crippen LogP contribution is 2.39. The van der Waals surface area contributed by atoms with E-state index in [2.05, 4.69) is 6.07 Å². The molecule has 0 aromatic heterocycles. The minimum Gasteiger partial charge on any atom is -0.490 e. The summed E-state index contributed by atoms with van der Waals surface area (Å²) in [7, 11) is 0. The summed E-state index contributed by atoms with van der Waals surface area (Å²) < 4.78 is 11.7. The quantitative estimate of drug-likeness (QED) is 0.246. The van der Waals surface area contributed by atoms with E-state index in [-0.39, 0.29) is 6.61 Å². The number of hydrogen-bond acceptors (Lipinski definition) is 3. The minimum absolute atomic E-state index is 0.235. The first kappa shape index (κ1) is 23.3. The molecule has 3 aromatic carbocycles. The molecule has 0 saturated carbocycles. The van der Waals surface area contributed by atoms with Gasteiger partial charge in [-0.25, -0.2) is 0 Å². The standard InChI is InChI=1S/C24H17Cl4NO2/c1-2-30-23-11-15(9-17(13-29)19-8-7-18(25)12-21(19)27)10-22(28)24(23)31-14-16-5-3-4-6-20(16)26/h3-12H,2,14H2,1H3/b17-9+. The van der Waals surface area contributed by atoms with Gasteiger partial charge in [0, 0.05) is 21.2 Å². The van der Waals surface area contributed by atoms with Crippen LogP contribution in [0.15, 0.2) is 54.6 Å². The van der Waals surface area contributed by atoms with Gasteiger partial charge in [0.25, 0.3) is 0 Å². The number of hydrogen-bond donors (Lipinski definition) is 0. The Morgan fingerprint density at radius 3 is 2.39 bits per heavy atom. The maximum atomic E-state index is 9.66. The lowest BCUT2D eigenvalue weighted by Crippen LogP contribution is -2.01. The van der Waals surface area contributed by atoms with Crippen LogP contribution in [0.25, 0.3) is 11.6 Å². The number of ether oxygens (including phenoxy) is 2. The minimum atomic E-state index is 0.235. The molecule has 0 radical (unpaired) electrons. The molecule has 3 nitrogen and oxygen atoms in total. The average Bonchev–Trinajstić information content (AvgIpc) is 2.73. The molecule has 0 fully saturated rings. The third kappa shape index (κ3) is 5.87. The molecule has 0 amide bonds. The van der Waals surface area contributed by atoms with E-state index < -0.39 is 0 Å². The molecule has 3 rings (SSSR count). The van der Waals surface area contributed by atoms with Crippen molar-refractivity contribution in [3.63, 3.8) is 0 Å². The van der Waals surface area contributed by atoms with Crippen molar-refractivity contribution in [3.05, 3.63) is 91.4 Å². The smallest absolute Gasteiger partial charge is 0.180 e. The SMILES string of the molecule is CCOc1cc(/C=C(\C#N)c2ccc(Cl)cc2Cl)cc(Cl)c1OCc1ccccc1Cl. The molecule has 158 valence electrons. The Hall–Kier alpha value is -2.35. The molecular formula is C24H17Cl4NO2. The van der Waals surface area contributed by atoms with Crippen LogP contribution in [0.5, 0.6) is 11.5 Å². The Kier molecular flexibility index (Phi) is 8.12. The molecule has 0 N–H and O–H groups in total. The van der Waals surface area contributed by atoms with Gasteiger partial charge < -0.3 is 9.47 Å². The molecule has 31 heavy (non-hydrogen) atoms. The zero-order valence-corrected chi connectivity index (χ0v) is 19.5. The lowest BCUT2D eigenvalue weighted by atomic mass is 10.0. The van der Waals surface area contributed by atoms with Crippen molar-refractivity contribution in [3.8, 4) is 17.6 Å². The summed E-state index contributed by atoms with van der Waals surface area (Å²) in [6, 6.07) is 18.0. The van der Waals surface area contributed by atoms with Gasteiger partial charge in [0.15, 0.2) is 11.5 Å². The van der Waals surface area contributed by atoms with Gasteiger partial charge in [-0.1, -0.05) is 70.7 Å². The molecule has 0 unspecified atom stereocenters. The Morgan fingerprint density at radius 1 is 0.935 bits per heavy atom. The first-order valence-electron chi connectivity index (χ1n) is 9.32. The monoisotopic (exact) mass is 491 g/mol. The number of nitrogens with zero attached hydrogens (tertiary/aromatic N) is 1. The first-order valence-corrected chi connectivity index (χ1v) is 10.8. The normalized spacial score (nSPS) is 11.2. The van der Waals surface area contributed by atoms with E-state index in [0.717, 1.165) is 5.56 Å². The van der Waals surface area contributed by atoms with Crippen LogP contribution < -0.4 is 9.47 Å². The maximum absolute atomic E-state index is 9.66. The molecule has 0 saturated heterocycles. The second-order valence-electron chi connectivity index (χ2n) is 6.44. The highest BCUT2D eigenvalue weighted by Gasteiger charge is 2.14. The molecule has 0 bridgehead atoms. The number of halogens is 4. The first-order chi connectivity index (χ1) is 14.9. The summed E-state index contributed by atoms with van der Waals surface area (Å²) in [6.45, 7) is 2.51. The van der Waals surface area contributed by atoms with E-state index >= 15 is 0 Å². The summed E-state index contributed by atoms with van der Waals surface area (Å²) in [4.78, 5) is 0. The molecule has 3 aromatic rings. The topological polar surface area (TPSA) is 42.2 Å². The van der Waals surface area contributed by atoms with E-state index in [0.29, 0.717) is 54.9 Å². The van der Waals surface area contributed by atoms with Crippen molar-refractivity contribution >= 4 is 58.1 Å². The number of rotatable bonds is 7. The van der Waals surface area contributed by atoms with Crippen molar-refractivity contribution in [2.75, 3.05) is 6.61 Å². The van der Waals surface area contributed by atoms with Gasteiger partial charge >= 0.3 is 0 Å². The Labute approximate surface area is 201 Å². The van der Waals surface area contributed by atoms with Gasteiger partial charge in [0.2, 0.25) is 0 Å². The van der Waals surface area contributed by atoms with Crippen molar-refractivity contribution in [1.29, 1.82) is 5.26 Å². The van der Waals surface area contributed by atoms with E-state index in [4.69, 9.17) is 55.9 Å². The van der Waals surface area contributed by atoms with Crippen molar-refractivity contribution in [1.82, 2.24) is 0 Å². The number of benzene rings is 3. The van der Waals surface area contributed by atoms with E-state index in [1.54, 1.807) is 42.5 Å². The Balaban J connectivity index is 1.96. The molecule has 0 aliphatic rings. The third-order valence-corrected chi connectivity index (χ3v) is 5.51. The summed E-state index contributed by atoms with van der Waals surface area (Å²) in [5.74, 6) is 0.872. The highest BCUT2D eigenvalue weighted by atomic mass is 35.5. The van der Waals surface area contributed by atoms with Crippen molar-refractivity contribution in [2.45, 2.75) is 13.5 Å². The zero-order chi connectivity index (χ0) is 22.4.